The first-order chi connectivity index (χ1) is 10.7. The van der Waals surface area contributed by atoms with Crippen LogP contribution in [0.1, 0.15) is 36.0 Å². The van der Waals surface area contributed by atoms with Gasteiger partial charge in [0.25, 0.3) is 5.91 Å². The van der Waals surface area contributed by atoms with Crippen molar-refractivity contribution in [3.05, 3.63) is 34.9 Å². The minimum Gasteiger partial charge on any atom is -0.342 e. The van der Waals surface area contributed by atoms with E-state index in [0.717, 1.165) is 38.8 Å². The summed E-state index contributed by atoms with van der Waals surface area (Å²) in [6, 6.07) is 7.13. The highest BCUT2D eigenvalue weighted by Gasteiger charge is 2.31. The average Bonchev–Trinajstić information content (AvgIpc) is 3.09. The highest BCUT2D eigenvalue weighted by molar-refractivity contribution is 6.33. The van der Waals surface area contributed by atoms with Gasteiger partial charge in [0.05, 0.1) is 10.6 Å². The summed E-state index contributed by atoms with van der Waals surface area (Å²) in [5.74, 6) is 0.327. The van der Waals surface area contributed by atoms with Crippen molar-refractivity contribution < 1.29 is 9.59 Å². The van der Waals surface area contributed by atoms with Gasteiger partial charge in [-0.25, -0.2) is 0 Å². The van der Waals surface area contributed by atoms with Crippen LogP contribution < -0.4 is 0 Å². The largest absolute Gasteiger partial charge is 0.342 e. The minimum atomic E-state index is -0.0299. The van der Waals surface area contributed by atoms with Crippen molar-refractivity contribution >= 4 is 23.4 Å². The molecule has 5 heteroatoms. The Labute approximate surface area is 136 Å². The third kappa shape index (κ3) is 3.12. The molecule has 0 aliphatic carbocycles. The van der Waals surface area contributed by atoms with E-state index in [1.54, 1.807) is 12.1 Å². The molecule has 0 unspecified atom stereocenters. The zero-order valence-corrected chi connectivity index (χ0v) is 13.4. The second-order valence-corrected chi connectivity index (χ2v) is 6.49. The van der Waals surface area contributed by atoms with Crippen LogP contribution in [0.3, 0.4) is 0 Å². The normalized spacial score (nSPS) is 19.5. The van der Waals surface area contributed by atoms with Gasteiger partial charge < -0.3 is 9.80 Å². The highest BCUT2D eigenvalue weighted by Crippen LogP contribution is 2.24. The number of piperidine rings is 1. The minimum absolute atomic E-state index is 0.0299. The van der Waals surface area contributed by atoms with Crippen LogP contribution >= 0.6 is 11.6 Å². The van der Waals surface area contributed by atoms with Gasteiger partial charge in [-0.15, -0.1) is 0 Å². The Morgan fingerprint density at radius 1 is 0.955 bits per heavy atom. The van der Waals surface area contributed by atoms with Crippen LogP contribution in [0.2, 0.25) is 5.02 Å². The molecule has 0 saturated carbocycles. The first-order valence-corrected chi connectivity index (χ1v) is 8.37. The van der Waals surface area contributed by atoms with E-state index in [1.165, 1.54) is 0 Å². The molecular formula is C17H21ClN2O2. The summed E-state index contributed by atoms with van der Waals surface area (Å²) in [5.41, 5.74) is 0.550. The van der Waals surface area contributed by atoms with Gasteiger partial charge in [-0.1, -0.05) is 23.7 Å². The third-order valence-electron chi connectivity index (χ3n) is 4.65. The maximum absolute atomic E-state index is 12.5. The number of nitrogens with zero attached hydrogens (tertiary/aromatic N) is 2. The molecule has 2 fully saturated rings. The van der Waals surface area contributed by atoms with Crippen LogP contribution in [0.25, 0.3) is 0 Å². The maximum Gasteiger partial charge on any atom is 0.255 e. The van der Waals surface area contributed by atoms with E-state index in [9.17, 15) is 9.59 Å². The van der Waals surface area contributed by atoms with E-state index >= 15 is 0 Å². The first-order valence-electron chi connectivity index (χ1n) is 7.99. The van der Waals surface area contributed by atoms with E-state index in [-0.39, 0.29) is 17.7 Å². The van der Waals surface area contributed by atoms with Crippen molar-refractivity contribution in [1.82, 2.24) is 9.80 Å². The molecule has 1 aromatic rings. The van der Waals surface area contributed by atoms with Gasteiger partial charge >= 0.3 is 0 Å². The average molecular weight is 321 g/mol. The summed E-state index contributed by atoms with van der Waals surface area (Å²) < 4.78 is 0. The number of amides is 2. The molecule has 0 aromatic heterocycles. The fraction of sp³-hybridized carbons (Fsp3) is 0.529. The lowest BCUT2D eigenvalue weighted by molar-refractivity contribution is -0.135. The molecule has 0 bridgehead atoms. The third-order valence-corrected chi connectivity index (χ3v) is 4.98. The summed E-state index contributed by atoms with van der Waals surface area (Å²) in [4.78, 5) is 28.7. The Morgan fingerprint density at radius 3 is 2.23 bits per heavy atom. The SMILES string of the molecule is O=C(c1ccccc1Cl)N1CCC(C(=O)N2CCCC2)CC1. The number of likely N-dealkylation sites (tertiary alicyclic amines) is 2. The lowest BCUT2D eigenvalue weighted by Crippen LogP contribution is -2.43. The molecule has 0 radical (unpaired) electrons. The van der Waals surface area contributed by atoms with Crippen LogP contribution in [0.4, 0.5) is 0 Å². The molecule has 2 aliphatic heterocycles. The predicted molar refractivity (Wildman–Crippen MR) is 85.9 cm³/mol. The van der Waals surface area contributed by atoms with Crippen molar-refractivity contribution in [2.45, 2.75) is 25.7 Å². The van der Waals surface area contributed by atoms with Crippen LogP contribution in [0.15, 0.2) is 24.3 Å². The molecule has 4 nitrogen and oxygen atoms in total. The lowest BCUT2D eigenvalue weighted by Gasteiger charge is -2.33. The van der Waals surface area contributed by atoms with E-state index in [4.69, 9.17) is 11.6 Å². The van der Waals surface area contributed by atoms with E-state index < -0.39 is 0 Å². The Bertz CT molecular complexity index is 562. The molecule has 2 aliphatic rings. The Balaban J connectivity index is 1.58. The molecule has 1 aromatic carbocycles. The number of carbonyl (C=O) groups is 2. The molecule has 2 amide bonds. The predicted octanol–water partition coefficient (Wildman–Crippen LogP) is 2.81. The van der Waals surface area contributed by atoms with Crippen molar-refractivity contribution in [2.75, 3.05) is 26.2 Å². The Morgan fingerprint density at radius 2 is 1.59 bits per heavy atom. The standard InChI is InChI=1S/C17H21ClN2O2/c18-15-6-2-1-5-14(15)17(22)20-11-7-13(8-12-20)16(21)19-9-3-4-10-19/h1-2,5-6,13H,3-4,7-12H2. The van der Waals surface area contributed by atoms with E-state index in [1.807, 2.05) is 21.9 Å². The number of carbonyl (C=O) groups excluding carboxylic acids is 2. The molecule has 118 valence electrons. The zero-order chi connectivity index (χ0) is 15.5. The molecule has 2 saturated heterocycles. The van der Waals surface area contributed by atoms with Gasteiger partial charge in [0, 0.05) is 32.1 Å². The van der Waals surface area contributed by atoms with Gasteiger partial charge in [0.2, 0.25) is 5.91 Å². The van der Waals surface area contributed by atoms with Gasteiger partial charge in [-0.3, -0.25) is 9.59 Å². The molecule has 2 heterocycles. The number of hydrogen-bond acceptors (Lipinski definition) is 2. The molecule has 3 rings (SSSR count). The molecule has 22 heavy (non-hydrogen) atoms. The summed E-state index contributed by atoms with van der Waals surface area (Å²) in [6.45, 7) is 3.07. The van der Waals surface area contributed by atoms with Crippen LogP contribution in [0, 0.1) is 5.92 Å². The van der Waals surface area contributed by atoms with Crippen molar-refractivity contribution in [2.24, 2.45) is 5.92 Å². The summed E-state index contributed by atoms with van der Waals surface area (Å²) >= 11 is 6.10. The fourth-order valence-electron chi connectivity index (χ4n) is 3.33. The van der Waals surface area contributed by atoms with Crippen LogP contribution in [-0.2, 0) is 4.79 Å². The monoisotopic (exact) mass is 320 g/mol. The molecule has 0 spiro atoms. The number of rotatable bonds is 2. The van der Waals surface area contributed by atoms with Gasteiger partial charge in [0.15, 0.2) is 0 Å². The van der Waals surface area contributed by atoms with Gasteiger partial charge in [-0.2, -0.15) is 0 Å². The van der Waals surface area contributed by atoms with E-state index in [2.05, 4.69) is 0 Å². The summed E-state index contributed by atoms with van der Waals surface area (Å²) in [7, 11) is 0. The number of benzene rings is 1. The smallest absolute Gasteiger partial charge is 0.255 e. The number of hydrogen-bond donors (Lipinski definition) is 0. The van der Waals surface area contributed by atoms with Crippen molar-refractivity contribution in [1.29, 1.82) is 0 Å². The van der Waals surface area contributed by atoms with Crippen molar-refractivity contribution in [3.8, 4) is 0 Å². The van der Waals surface area contributed by atoms with Crippen molar-refractivity contribution in [3.63, 3.8) is 0 Å². The second-order valence-electron chi connectivity index (χ2n) is 6.08. The maximum atomic E-state index is 12.5. The molecule has 0 atom stereocenters. The summed E-state index contributed by atoms with van der Waals surface area (Å²) in [5, 5.41) is 0.489. The Hall–Kier alpha value is -1.55. The van der Waals surface area contributed by atoms with Crippen LogP contribution in [0.5, 0.6) is 0 Å². The number of halogens is 1. The highest BCUT2D eigenvalue weighted by atomic mass is 35.5. The van der Waals surface area contributed by atoms with E-state index in [0.29, 0.717) is 23.7 Å². The summed E-state index contributed by atoms with van der Waals surface area (Å²) in [6.07, 6.45) is 3.75. The first kappa shape index (κ1) is 15.3. The van der Waals surface area contributed by atoms with Crippen LogP contribution in [-0.4, -0.2) is 47.8 Å². The van der Waals surface area contributed by atoms with Gasteiger partial charge in [-0.05, 0) is 37.8 Å². The Kier molecular flexibility index (Phi) is 4.67. The van der Waals surface area contributed by atoms with Gasteiger partial charge in [0.1, 0.15) is 0 Å². The molecular weight excluding hydrogens is 300 g/mol. The zero-order valence-electron chi connectivity index (χ0n) is 12.6. The lowest BCUT2D eigenvalue weighted by atomic mass is 9.95. The second kappa shape index (κ2) is 6.69. The quantitative estimate of drug-likeness (QED) is 0.840. The fourth-order valence-corrected chi connectivity index (χ4v) is 3.55. The topological polar surface area (TPSA) is 40.6 Å². The molecule has 0 N–H and O–H groups in total.